The highest BCUT2D eigenvalue weighted by Crippen LogP contribution is 2.22. The Labute approximate surface area is 130 Å². The van der Waals surface area contributed by atoms with Gasteiger partial charge in [-0.1, -0.05) is 41.4 Å². The molecule has 0 saturated heterocycles. The maximum Gasteiger partial charge on any atom is 0.240 e. The molecule has 112 valence electrons. The Balaban J connectivity index is 2.03. The van der Waals surface area contributed by atoms with Crippen LogP contribution in [0, 0.1) is 6.92 Å². The van der Waals surface area contributed by atoms with Crippen LogP contribution < -0.4 is 10.5 Å². The van der Waals surface area contributed by atoms with Crippen molar-refractivity contribution in [1.82, 2.24) is 4.72 Å². The third kappa shape index (κ3) is 4.20. The number of nitrogens with one attached hydrogen (secondary N) is 1. The number of hydrogen-bond donors (Lipinski definition) is 2. The first-order chi connectivity index (χ1) is 9.88. The Hall–Kier alpha value is -1.56. The standard InChI is InChI=1S/C15H17ClN2O2S/c1-11-3-2-4-12(9-11)7-8-18-21(19,20)13-5-6-15(17)14(16)10-13/h2-6,9-10,18H,7-8,17H2,1H3. The SMILES string of the molecule is Cc1cccc(CCNS(=O)(=O)c2ccc(N)c(Cl)c2)c1. The molecule has 0 bridgehead atoms. The van der Waals surface area contributed by atoms with Crippen LogP contribution in [0.2, 0.25) is 5.02 Å². The van der Waals surface area contributed by atoms with E-state index >= 15 is 0 Å². The monoisotopic (exact) mass is 324 g/mol. The van der Waals surface area contributed by atoms with Crippen molar-refractivity contribution in [2.75, 3.05) is 12.3 Å². The normalized spacial score (nSPS) is 11.5. The zero-order valence-corrected chi connectivity index (χ0v) is 13.2. The van der Waals surface area contributed by atoms with Gasteiger partial charge in [-0.2, -0.15) is 0 Å². The average Bonchev–Trinajstić information content (AvgIpc) is 2.41. The fraction of sp³-hybridized carbons (Fsp3) is 0.200. The molecule has 0 aliphatic carbocycles. The number of nitrogens with two attached hydrogens (primary N) is 1. The van der Waals surface area contributed by atoms with Crippen LogP contribution in [0.1, 0.15) is 11.1 Å². The second kappa shape index (κ2) is 6.47. The van der Waals surface area contributed by atoms with Gasteiger partial charge in [-0.3, -0.25) is 0 Å². The number of anilines is 1. The molecule has 0 aliphatic heterocycles. The van der Waals surface area contributed by atoms with E-state index in [2.05, 4.69) is 4.72 Å². The molecule has 3 N–H and O–H groups in total. The second-order valence-electron chi connectivity index (χ2n) is 4.82. The Morgan fingerprint density at radius 2 is 1.95 bits per heavy atom. The van der Waals surface area contributed by atoms with E-state index in [-0.39, 0.29) is 9.92 Å². The van der Waals surface area contributed by atoms with E-state index in [0.29, 0.717) is 18.7 Å². The van der Waals surface area contributed by atoms with Gasteiger partial charge in [0.1, 0.15) is 0 Å². The van der Waals surface area contributed by atoms with Crippen molar-refractivity contribution < 1.29 is 8.42 Å². The molecule has 2 aromatic carbocycles. The van der Waals surface area contributed by atoms with Gasteiger partial charge >= 0.3 is 0 Å². The predicted octanol–water partition coefficient (Wildman–Crippen LogP) is 2.75. The van der Waals surface area contributed by atoms with Crippen molar-refractivity contribution in [3.63, 3.8) is 0 Å². The quantitative estimate of drug-likeness (QED) is 0.831. The Morgan fingerprint density at radius 1 is 1.19 bits per heavy atom. The molecule has 0 radical (unpaired) electrons. The zero-order valence-electron chi connectivity index (χ0n) is 11.6. The summed E-state index contributed by atoms with van der Waals surface area (Å²) in [6.07, 6.45) is 0.629. The van der Waals surface area contributed by atoms with Gasteiger partial charge in [0.15, 0.2) is 0 Å². The molecule has 21 heavy (non-hydrogen) atoms. The number of sulfonamides is 1. The van der Waals surface area contributed by atoms with E-state index in [1.165, 1.54) is 18.2 Å². The molecule has 2 rings (SSSR count). The minimum atomic E-state index is -3.57. The summed E-state index contributed by atoms with van der Waals surface area (Å²) in [5.74, 6) is 0. The number of rotatable bonds is 5. The van der Waals surface area contributed by atoms with Gasteiger partial charge in [-0.05, 0) is 37.1 Å². The largest absolute Gasteiger partial charge is 0.398 e. The lowest BCUT2D eigenvalue weighted by Gasteiger charge is -2.08. The Bertz CT molecular complexity index is 745. The van der Waals surface area contributed by atoms with Gasteiger partial charge in [0.2, 0.25) is 10.0 Å². The smallest absolute Gasteiger partial charge is 0.240 e. The summed E-state index contributed by atoms with van der Waals surface area (Å²) in [7, 11) is -3.57. The zero-order chi connectivity index (χ0) is 15.5. The van der Waals surface area contributed by atoms with Crippen LogP contribution in [-0.4, -0.2) is 15.0 Å². The van der Waals surface area contributed by atoms with Crippen molar-refractivity contribution in [3.05, 3.63) is 58.6 Å². The van der Waals surface area contributed by atoms with Gasteiger partial charge in [-0.25, -0.2) is 13.1 Å². The minimum absolute atomic E-state index is 0.117. The van der Waals surface area contributed by atoms with E-state index in [0.717, 1.165) is 11.1 Å². The highest BCUT2D eigenvalue weighted by molar-refractivity contribution is 7.89. The number of nitrogen functional groups attached to an aromatic ring is 1. The molecule has 0 spiro atoms. The summed E-state index contributed by atoms with van der Waals surface area (Å²) in [5, 5.41) is 0.233. The van der Waals surface area contributed by atoms with Crippen molar-refractivity contribution in [1.29, 1.82) is 0 Å². The molecule has 0 atom stereocenters. The molecule has 0 saturated carbocycles. The van der Waals surface area contributed by atoms with Crippen LogP contribution in [0.5, 0.6) is 0 Å². The number of benzene rings is 2. The highest BCUT2D eigenvalue weighted by Gasteiger charge is 2.14. The van der Waals surface area contributed by atoms with Crippen LogP contribution in [0.25, 0.3) is 0 Å². The topological polar surface area (TPSA) is 72.2 Å². The number of halogens is 1. The van der Waals surface area contributed by atoms with E-state index in [1.54, 1.807) is 0 Å². The van der Waals surface area contributed by atoms with Crippen LogP contribution in [-0.2, 0) is 16.4 Å². The molecule has 0 unspecified atom stereocenters. The maximum atomic E-state index is 12.1. The van der Waals surface area contributed by atoms with Crippen LogP contribution >= 0.6 is 11.6 Å². The Morgan fingerprint density at radius 3 is 2.62 bits per heavy atom. The highest BCUT2D eigenvalue weighted by atomic mass is 35.5. The van der Waals surface area contributed by atoms with Gasteiger partial charge in [0.25, 0.3) is 0 Å². The molecule has 4 nitrogen and oxygen atoms in total. The molecule has 0 fully saturated rings. The van der Waals surface area contributed by atoms with Crippen LogP contribution in [0.3, 0.4) is 0 Å². The van der Waals surface area contributed by atoms with Crippen molar-refractivity contribution >= 4 is 27.3 Å². The summed E-state index contributed by atoms with van der Waals surface area (Å²) in [6.45, 7) is 2.33. The molecule has 6 heteroatoms. The van der Waals surface area contributed by atoms with E-state index in [4.69, 9.17) is 17.3 Å². The Kier molecular flexibility index (Phi) is 4.88. The average molecular weight is 325 g/mol. The third-order valence-corrected chi connectivity index (χ3v) is 4.86. The molecule has 0 heterocycles. The number of aryl methyl sites for hydroxylation is 1. The third-order valence-electron chi connectivity index (χ3n) is 3.07. The lowest BCUT2D eigenvalue weighted by Crippen LogP contribution is -2.26. The fourth-order valence-electron chi connectivity index (χ4n) is 1.96. The van der Waals surface area contributed by atoms with Gasteiger partial charge < -0.3 is 5.73 Å². The summed E-state index contributed by atoms with van der Waals surface area (Å²) in [6, 6.07) is 12.2. The first-order valence-electron chi connectivity index (χ1n) is 6.49. The fourth-order valence-corrected chi connectivity index (χ4v) is 3.26. The summed E-state index contributed by atoms with van der Waals surface area (Å²) in [5.41, 5.74) is 8.18. The van der Waals surface area contributed by atoms with E-state index in [1.807, 2.05) is 31.2 Å². The maximum absolute atomic E-state index is 12.1. The summed E-state index contributed by atoms with van der Waals surface area (Å²) in [4.78, 5) is 0.117. The molecule has 0 aromatic heterocycles. The van der Waals surface area contributed by atoms with Crippen molar-refractivity contribution in [2.45, 2.75) is 18.2 Å². The number of hydrogen-bond acceptors (Lipinski definition) is 3. The van der Waals surface area contributed by atoms with Gasteiger partial charge in [0, 0.05) is 6.54 Å². The first-order valence-corrected chi connectivity index (χ1v) is 8.35. The lowest BCUT2D eigenvalue weighted by molar-refractivity contribution is 0.581. The van der Waals surface area contributed by atoms with Crippen molar-refractivity contribution in [2.24, 2.45) is 0 Å². The van der Waals surface area contributed by atoms with Crippen LogP contribution in [0.15, 0.2) is 47.4 Å². The van der Waals surface area contributed by atoms with E-state index < -0.39 is 10.0 Å². The summed E-state index contributed by atoms with van der Waals surface area (Å²) < 4.78 is 26.8. The van der Waals surface area contributed by atoms with Crippen LogP contribution in [0.4, 0.5) is 5.69 Å². The predicted molar refractivity (Wildman–Crippen MR) is 85.9 cm³/mol. The lowest BCUT2D eigenvalue weighted by atomic mass is 10.1. The molecule has 2 aromatic rings. The molecule has 0 amide bonds. The second-order valence-corrected chi connectivity index (χ2v) is 6.99. The molecular formula is C15H17ClN2O2S. The first kappa shape index (κ1) is 15.8. The summed E-state index contributed by atoms with van der Waals surface area (Å²) >= 11 is 5.85. The van der Waals surface area contributed by atoms with E-state index in [9.17, 15) is 8.42 Å². The van der Waals surface area contributed by atoms with Crippen molar-refractivity contribution in [3.8, 4) is 0 Å². The minimum Gasteiger partial charge on any atom is -0.398 e. The van der Waals surface area contributed by atoms with Gasteiger partial charge in [-0.15, -0.1) is 0 Å². The van der Waals surface area contributed by atoms with Gasteiger partial charge in [0.05, 0.1) is 15.6 Å². The molecule has 0 aliphatic rings. The molecular weight excluding hydrogens is 308 g/mol.